The maximum atomic E-state index is 13.4. The third-order valence-corrected chi connectivity index (χ3v) is 5.71. The van der Waals surface area contributed by atoms with E-state index in [1.807, 2.05) is 0 Å². The summed E-state index contributed by atoms with van der Waals surface area (Å²) in [6.45, 7) is 2.81. The predicted octanol–water partition coefficient (Wildman–Crippen LogP) is 2.96. The number of likely N-dealkylation sites (tertiary alicyclic amines) is 1. The van der Waals surface area contributed by atoms with E-state index in [1.165, 1.54) is 37.5 Å². The number of piperidine rings is 1. The molecule has 1 aliphatic heterocycles. The molecule has 6 heteroatoms. The molecule has 1 aliphatic rings. The molecule has 2 aromatic carbocycles. The standard InChI is InChI=1S/C23H25NO5/c1-27-15-6-8-20(28-2)16(12-15)23(26)18-14-29-21-9-7-19(25)17(22(18)21)13-24-10-4-3-5-11-24/h6-9,12,14,25H,3-5,10-11,13H2,1-2H3/p+1. The normalized spacial score (nSPS) is 14.8. The van der Waals surface area contributed by atoms with Crippen molar-refractivity contribution in [2.24, 2.45) is 0 Å². The van der Waals surface area contributed by atoms with Crippen molar-refractivity contribution in [3.63, 3.8) is 0 Å². The molecule has 0 atom stereocenters. The molecule has 0 aliphatic carbocycles. The topological polar surface area (TPSA) is 73.3 Å². The highest BCUT2D eigenvalue weighted by molar-refractivity contribution is 6.18. The van der Waals surface area contributed by atoms with Crippen LogP contribution in [0.1, 0.15) is 40.7 Å². The minimum Gasteiger partial charge on any atom is -0.507 e. The Morgan fingerprint density at radius 3 is 2.59 bits per heavy atom. The molecule has 1 saturated heterocycles. The van der Waals surface area contributed by atoms with Crippen LogP contribution >= 0.6 is 0 Å². The van der Waals surface area contributed by atoms with E-state index in [9.17, 15) is 9.90 Å². The maximum absolute atomic E-state index is 13.4. The summed E-state index contributed by atoms with van der Waals surface area (Å²) in [5.74, 6) is 1.01. The van der Waals surface area contributed by atoms with E-state index in [0.717, 1.165) is 18.7 Å². The average Bonchev–Trinajstić information content (AvgIpc) is 3.20. The first-order valence-electron chi connectivity index (χ1n) is 9.94. The molecule has 0 unspecified atom stereocenters. The molecule has 0 saturated carbocycles. The number of hydrogen-bond donors (Lipinski definition) is 2. The Morgan fingerprint density at radius 1 is 1.07 bits per heavy atom. The first-order chi connectivity index (χ1) is 14.1. The quantitative estimate of drug-likeness (QED) is 0.627. The number of ketones is 1. The number of phenolic OH excluding ortho intramolecular Hbond substituents is 1. The Kier molecular flexibility index (Phi) is 5.45. The van der Waals surface area contributed by atoms with Gasteiger partial charge in [-0.2, -0.15) is 0 Å². The third kappa shape index (κ3) is 3.68. The van der Waals surface area contributed by atoms with Gasteiger partial charge in [0.05, 0.1) is 44.0 Å². The summed E-state index contributed by atoms with van der Waals surface area (Å²) in [6.07, 6.45) is 5.10. The van der Waals surface area contributed by atoms with Crippen LogP contribution in [0.3, 0.4) is 0 Å². The molecule has 2 N–H and O–H groups in total. The van der Waals surface area contributed by atoms with Crippen LogP contribution in [0, 0.1) is 0 Å². The van der Waals surface area contributed by atoms with Gasteiger partial charge in [-0.05, 0) is 49.6 Å². The molecule has 0 spiro atoms. The highest BCUT2D eigenvalue weighted by Gasteiger charge is 2.25. The summed E-state index contributed by atoms with van der Waals surface area (Å²) in [5, 5.41) is 11.3. The first kappa shape index (κ1) is 19.3. The zero-order valence-corrected chi connectivity index (χ0v) is 16.8. The third-order valence-electron chi connectivity index (χ3n) is 5.71. The van der Waals surface area contributed by atoms with Crippen LogP contribution in [0.5, 0.6) is 17.2 Å². The predicted molar refractivity (Wildman–Crippen MR) is 109 cm³/mol. The van der Waals surface area contributed by atoms with Crippen molar-refractivity contribution in [1.29, 1.82) is 0 Å². The molecule has 6 nitrogen and oxygen atoms in total. The Balaban J connectivity index is 1.80. The highest BCUT2D eigenvalue weighted by Crippen LogP contribution is 2.34. The van der Waals surface area contributed by atoms with Gasteiger partial charge >= 0.3 is 0 Å². The molecular formula is C23H26NO5+. The van der Waals surface area contributed by atoms with Gasteiger partial charge in [0.1, 0.15) is 35.6 Å². The van der Waals surface area contributed by atoms with Crippen molar-refractivity contribution in [1.82, 2.24) is 0 Å². The maximum Gasteiger partial charge on any atom is 0.200 e. The number of benzene rings is 2. The number of phenols is 1. The van der Waals surface area contributed by atoms with Gasteiger partial charge in [0, 0.05) is 5.39 Å². The van der Waals surface area contributed by atoms with E-state index in [2.05, 4.69) is 0 Å². The molecule has 29 heavy (non-hydrogen) atoms. The number of aromatic hydroxyl groups is 1. The van der Waals surface area contributed by atoms with E-state index in [-0.39, 0.29) is 11.5 Å². The molecule has 3 aromatic rings. The number of methoxy groups -OCH3 is 2. The van der Waals surface area contributed by atoms with Crippen molar-refractivity contribution in [2.75, 3.05) is 27.3 Å². The van der Waals surface area contributed by atoms with Gasteiger partial charge in [-0.25, -0.2) is 0 Å². The number of nitrogens with one attached hydrogen (secondary N) is 1. The minimum absolute atomic E-state index is 0.198. The van der Waals surface area contributed by atoms with Gasteiger partial charge in [-0.1, -0.05) is 0 Å². The second kappa shape index (κ2) is 8.17. The highest BCUT2D eigenvalue weighted by atomic mass is 16.5. The lowest BCUT2D eigenvalue weighted by Crippen LogP contribution is -3.11. The minimum atomic E-state index is -0.222. The average molecular weight is 396 g/mol. The number of furan rings is 1. The summed E-state index contributed by atoms with van der Waals surface area (Å²) in [4.78, 5) is 14.9. The SMILES string of the molecule is COc1ccc(OC)c(C(=O)c2coc3ccc(O)c(C[NH+]4CCCCC4)c23)c1. The smallest absolute Gasteiger partial charge is 0.200 e. The zero-order valence-electron chi connectivity index (χ0n) is 16.8. The van der Waals surface area contributed by atoms with E-state index >= 15 is 0 Å². The van der Waals surface area contributed by atoms with Crippen LogP contribution in [-0.2, 0) is 6.54 Å². The second-order valence-electron chi connectivity index (χ2n) is 7.47. The van der Waals surface area contributed by atoms with Crippen molar-refractivity contribution < 1.29 is 28.7 Å². The Bertz CT molecular complexity index is 1030. The number of ether oxygens (including phenoxy) is 2. The van der Waals surface area contributed by atoms with Gasteiger partial charge in [0.2, 0.25) is 5.78 Å². The van der Waals surface area contributed by atoms with Crippen molar-refractivity contribution in [3.05, 3.63) is 53.3 Å². The van der Waals surface area contributed by atoms with E-state index < -0.39 is 0 Å². The number of fused-ring (bicyclic) bond motifs is 1. The van der Waals surface area contributed by atoms with Gasteiger partial charge in [0.25, 0.3) is 0 Å². The second-order valence-corrected chi connectivity index (χ2v) is 7.47. The number of carbonyl (C=O) groups is 1. The van der Waals surface area contributed by atoms with Gasteiger partial charge in [-0.3, -0.25) is 4.79 Å². The lowest BCUT2D eigenvalue weighted by atomic mass is 9.97. The fraction of sp³-hybridized carbons (Fsp3) is 0.348. The molecule has 1 aromatic heterocycles. The lowest BCUT2D eigenvalue weighted by Gasteiger charge is -2.24. The van der Waals surface area contributed by atoms with Gasteiger partial charge in [-0.15, -0.1) is 0 Å². The van der Waals surface area contributed by atoms with Crippen LogP contribution in [0.2, 0.25) is 0 Å². The van der Waals surface area contributed by atoms with Crippen LogP contribution in [-0.4, -0.2) is 38.2 Å². The number of quaternary nitrogens is 1. The molecule has 2 heterocycles. The Morgan fingerprint density at radius 2 is 1.86 bits per heavy atom. The molecule has 0 amide bonds. The number of hydrogen-bond acceptors (Lipinski definition) is 5. The Hall–Kier alpha value is -2.99. The summed E-state index contributed by atoms with van der Waals surface area (Å²) in [5.41, 5.74) is 2.18. The van der Waals surface area contributed by atoms with Crippen molar-refractivity contribution in [2.45, 2.75) is 25.8 Å². The number of carbonyl (C=O) groups excluding carboxylic acids is 1. The monoisotopic (exact) mass is 396 g/mol. The summed E-state index contributed by atoms with van der Waals surface area (Å²) < 4.78 is 16.4. The molecule has 0 radical (unpaired) electrons. The van der Waals surface area contributed by atoms with Crippen LogP contribution in [0.4, 0.5) is 0 Å². The first-order valence-corrected chi connectivity index (χ1v) is 9.94. The fourth-order valence-corrected chi connectivity index (χ4v) is 4.15. The van der Waals surface area contributed by atoms with Crippen LogP contribution in [0.25, 0.3) is 11.0 Å². The van der Waals surface area contributed by atoms with E-state index in [4.69, 9.17) is 13.9 Å². The van der Waals surface area contributed by atoms with E-state index in [0.29, 0.717) is 40.1 Å². The van der Waals surface area contributed by atoms with E-state index in [1.54, 1.807) is 37.4 Å². The molecule has 152 valence electrons. The summed E-state index contributed by atoms with van der Waals surface area (Å²) in [7, 11) is 3.09. The molecule has 0 bridgehead atoms. The molecule has 4 rings (SSSR count). The van der Waals surface area contributed by atoms with Crippen molar-refractivity contribution >= 4 is 16.8 Å². The van der Waals surface area contributed by atoms with Crippen molar-refractivity contribution in [3.8, 4) is 17.2 Å². The van der Waals surface area contributed by atoms with Crippen LogP contribution < -0.4 is 14.4 Å². The Labute approximate surface area is 169 Å². The van der Waals surface area contributed by atoms with Gasteiger partial charge < -0.3 is 23.9 Å². The molecule has 1 fully saturated rings. The summed E-state index contributed by atoms with van der Waals surface area (Å²) >= 11 is 0. The largest absolute Gasteiger partial charge is 0.507 e. The van der Waals surface area contributed by atoms with Gasteiger partial charge in [0.15, 0.2) is 0 Å². The lowest BCUT2D eigenvalue weighted by molar-refractivity contribution is -0.918. The summed E-state index contributed by atoms with van der Waals surface area (Å²) in [6, 6.07) is 8.48. The molecular weight excluding hydrogens is 370 g/mol. The zero-order chi connectivity index (χ0) is 20.4. The van der Waals surface area contributed by atoms with Crippen LogP contribution in [0.15, 0.2) is 41.0 Å². The fourth-order valence-electron chi connectivity index (χ4n) is 4.15. The number of rotatable bonds is 6.